The van der Waals surface area contributed by atoms with Crippen LogP contribution in [0.2, 0.25) is 0 Å². The van der Waals surface area contributed by atoms with E-state index in [-0.39, 0.29) is 5.41 Å². The van der Waals surface area contributed by atoms with Crippen molar-refractivity contribution >= 4 is 6.29 Å². The van der Waals surface area contributed by atoms with E-state index in [1.165, 1.54) is 19.3 Å². The molecule has 0 aromatic carbocycles. The molecule has 1 rings (SSSR count). The van der Waals surface area contributed by atoms with Gasteiger partial charge < -0.3 is 14.6 Å². The van der Waals surface area contributed by atoms with Gasteiger partial charge in [0.05, 0.1) is 0 Å². The maximum atomic E-state index is 10.9. The van der Waals surface area contributed by atoms with Crippen LogP contribution >= 0.6 is 0 Å². The molecule has 1 saturated carbocycles. The van der Waals surface area contributed by atoms with E-state index in [9.17, 15) is 4.79 Å². The van der Waals surface area contributed by atoms with Gasteiger partial charge in [0.2, 0.25) is 0 Å². The van der Waals surface area contributed by atoms with Crippen LogP contribution in [0.4, 0.5) is 0 Å². The molecule has 0 unspecified atom stereocenters. The van der Waals surface area contributed by atoms with E-state index in [0.717, 1.165) is 19.4 Å². The number of carbonyl (C=O) groups is 1. The number of carbonyl (C=O) groups excluding carboxylic acids is 1. The molecule has 1 fully saturated rings. The minimum absolute atomic E-state index is 0.230. The normalized spacial score (nSPS) is 19.9. The topological polar surface area (TPSA) is 23.6 Å². The van der Waals surface area contributed by atoms with Gasteiger partial charge in [0.1, 0.15) is 6.29 Å². The fourth-order valence-electron chi connectivity index (χ4n) is 2.62. The summed E-state index contributed by atoms with van der Waals surface area (Å²) in [6.45, 7) is 5.91. The van der Waals surface area contributed by atoms with Crippen LogP contribution in [0.3, 0.4) is 0 Å². The molecule has 3 nitrogen and oxygen atoms in total. The molecule has 1 aliphatic carbocycles. The molecular formula is C13H26N2O. The quantitative estimate of drug-likeness (QED) is 0.643. The van der Waals surface area contributed by atoms with Crippen molar-refractivity contribution < 1.29 is 4.79 Å². The smallest absolute Gasteiger partial charge is 0.126 e. The predicted molar refractivity (Wildman–Crippen MR) is 67.6 cm³/mol. The average Bonchev–Trinajstić information content (AvgIpc) is 2.10. The Morgan fingerprint density at radius 1 is 1.25 bits per heavy atom. The fraction of sp³-hybridized carbons (Fsp3) is 0.923. The van der Waals surface area contributed by atoms with Crippen LogP contribution in [0, 0.1) is 5.41 Å². The summed E-state index contributed by atoms with van der Waals surface area (Å²) in [4.78, 5) is 15.6. The Kier molecular flexibility index (Phi) is 4.13. The Labute approximate surface area is 99.8 Å². The highest BCUT2D eigenvalue weighted by Gasteiger charge is 2.40. The van der Waals surface area contributed by atoms with Gasteiger partial charge in [-0.3, -0.25) is 0 Å². The second-order valence-corrected chi connectivity index (χ2v) is 6.25. The first kappa shape index (κ1) is 13.7. The maximum Gasteiger partial charge on any atom is 0.126 e. The lowest BCUT2D eigenvalue weighted by Gasteiger charge is -2.49. The van der Waals surface area contributed by atoms with Crippen molar-refractivity contribution in [3.63, 3.8) is 0 Å². The van der Waals surface area contributed by atoms with Crippen molar-refractivity contribution in [2.75, 3.05) is 34.2 Å². The van der Waals surface area contributed by atoms with Crippen molar-refractivity contribution in [2.45, 2.75) is 38.6 Å². The Morgan fingerprint density at radius 2 is 1.81 bits per heavy atom. The molecule has 16 heavy (non-hydrogen) atoms. The Balaban J connectivity index is 2.50. The van der Waals surface area contributed by atoms with Crippen LogP contribution < -0.4 is 0 Å². The summed E-state index contributed by atoms with van der Waals surface area (Å²) in [6, 6.07) is 0. The fourth-order valence-corrected chi connectivity index (χ4v) is 2.62. The second kappa shape index (κ2) is 4.84. The first-order valence-corrected chi connectivity index (χ1v) is 6.14. The number of hydrogen-bond donors (Lipinski definition) is 0. The minimum Gasteiger partial charge on any atom is -0.304 e. The number of hydrogen-bond acceptors (Lipinski definition) is 3. The van der Waals surface area contributed by atoms with Crippen LogP contribution in [-0.4, -0.2) is 55.9 Å². The van der Waals surface area contributed by atoms with Gasteiger partial charge in [-0.25, -0.2) is 0 Å². The van der Waals surface area contributed by atoms with Gasteiger partial charge in [-0.1, -0.05) is 13.8 Å². The Morgan fingerprint density at radius 3 is 2.12 bits per heavy atom. The number of aldehydes is 1. The summed E-state index contributed by atoms with van der Waals surface area (Å²) in [6.07, 6.45) is 4.97. The van der Waals surface area contributed by atoms with Crippen LogP contribution in [0.15, 0.2) is 0 Å². The molecule has 0 saturated heterocycles. The number of nitrogens with zero attached hydrogens (tertiary/aromatic N) is 2. The van der Waals surface area contributed by atoms with Crippen LogP contribution in [0.1, 0.15) is 33.1 Å². The molecule has 94 valence electrons. The van der Waals surface area contributed by atoms with E-state index >= 15 is 0 Å². The lowest BCUT2D eigenvalue weighted by molar-refractivity contribution is -0.115. The summed E-state index contributed by atoms with van der Waals surface area (Å²) in [5.74, 6) is 0. The highest BCUT2D eigenvalue weighted by Crippen LogP contribution is 2.36. The number of likely N-dealkylation sites (N-methyl/N-ethyl adjacent to an activating group) is 2. The molecule has 0 aromatic rings. The summed E-state index contributed by atoms with van der Waals surface area (Å²) in [5.41, 5.74) is 0.125. The molecule has 0 spiro atoms. The van der Waals surface area contributed by atoms with Gasteiger partial charge >= 0.3 is 0 Å². The lowest BCUT2D eigenvalue weighted by atomic mass is 9.75. The monoisotopic (exact) mass is 226 g/mol. The predicted octanol–water partition coefficient (Wildman–Crippen LogP) is 1.63. The molecule has 0 bridgehead atoms. The van der Waals surface area contributed by atoms with Crippen molar-refractivity contribution in [1.29, 1.82) is 0 Å². The van der Waals surface area contributed by atoms with E-state index in [2.05, 4.69) is 30.9 Å². The largest absolute Gasteiger partial charge is 0.304 e. The highest BCUT2D eigenvalue weighted by atomic mass is 16.1. The van der Waals surface area contributed by atoms with E-state index in [1.54, 1.807) is 0 Å². The molecule has 0 aromatic heterocycles. The van der Waals surface area contributed by atoms with Gasteiger partial charge in [0.25, 0.3) is 0 Å². The average molecular weight is 226 g/mol. The van der Waals surface area contributed by atoms with E-state index < -0.39 is 0 Å². The zero-order valence-electron chi connectivity index (χ0n) is 11.4. The van der Waals surface area contributed by atoms with Gasteiger partial charge in [0, 0.05) is 24.0 Å². The Bertz CT molecular complexity index is 244. The molecule has 3 heteroatoms. The molecule has 1 aliphatic rings. The standard InChI is InChI=1S/C13H26N2O/c1-12(2,11-16)9-15(5)10-13(14(3)4)7-6-8-13/h11H,6-10H2,1-5H3. The third-order valence-electron chi connectivity index (χ3n) is 3.79. The summed E-state index contributed by atoms with van der Waals surface area (Å²) >= 11 is 0. The third-order valence-corrected chi connectivity index (χ3v) is 3.79. The van der Waals surface area contributed by atoms with Crippen molar-refractivity contribution in [3.05, 3.63) is 0 Å². The third kappa shape index (κ3) is 3.05. The van der Waals surface area contributed by atoms with Crippen molar-refractivity contribution in [3.8, 4) is 0 Å². The van der Waals surface area contributed by atoms with Gasteiger partial charge in [-0.2, -0.15) is 0 Å². The zero-order valence-corrected chi connectivity index (χ0v) is 11.4. The highest BCUT2D eigenvalue weighted by molar-refractivity contribution is 5.58. The van der Waals surface area contributed by atoms with Crippen LogP contribution in [-0.2, 0) is 4.79 Å². The maximum absolute atomic E-state index is 10.9. The summed E-state index contributed by atoms with van der Waals surface area (Å²) < 4.78 is 0. The van der Waals surface area contributed by atoms with Crippen molar-refractivity contribution in [2.24, 2.45) is 5.41 Å². The van der Waals surface area contributed by atoms with Gasteiger partial charge in [-0.15, -0.1) is 0 Å². The lowest BCUT2D eigenvalue weighted by Crippen LogP contribution is -2.57. The molecule has 0 heterocycles. The second-order valence-electron chi connectivity index (χ2n) is 6.25. The molecule has 0 aliphatic heterocycles. The van der Waals surface area contributed by atoms with E-state index in [4.69, 9.17) is 0 Å². The first-order valence-electron chi connectivity index (χ1n) is 6.14. The van der Waals surface area contributed by atoms with Crippen molar-refractivity contribution in [1.82, 2.24) is 9.80 Å². The van der Waals surface area contributed by atoms with E-state index in [0.29, 0.717) is 5.54 Å². The Hall–Kier alpha value is -0.410. The molecule has 0 atom stereocenters. The summed E-state index contributed by atoms with van der Waals surface area (Å²) in [5, 5.41) is 0. The SMILES string of the molecule is CN(CC(C)(C)C=O)CC1(N(C)C)CCC1. The first-order chi connectivity index (χ1) is 7.31. The van der Waals surface area contributed by atoms with E-state index in [1.807, 2.05) is 13.8 Å². The molecule has 0 radical (unpaired) electrons. The van der Waals surface area contributed by atoms with Crippen LogP contribution in [0.5, 0.6) is 0 Å². The molecule has 0 N–H and O–H groups in total. The van der Waals surface area contributed by atoms with Gasteiger partial charge in [0.15, 0.2) is 0 Å². The van der Waals surface area contributed by atoms with Crippen LogP contribution in [0.25, 0.3) is 0 Å². The minimum atomic E-state index is -0.230. The molecular weight excluding hydrogens is 200 g/mol. The van der Waals surface area contributed by atoms with Gasteiger partial charge in [-0.05, 0) is 40.4 Å². The zero-order chi connectivity index (χ0) is 12.4. The molecule has 0 amide bonds. The summed E-state index contributed by atoms with van der Waals surface area (Å²) in [7, 11) is 6.45. The number of rotatable bonds is 6.